The maximum absolute atomic E-state index is 12.7. The van der Waals surface area contributed by atoms with Crippen molar-refractivity contribution < 1.29 is 9.59 Å². The van der Waals surface area contributed by atoms with E-state index in [-0.39, 0.29) is 11.8 Å². The van der Waals surface area contributed by atoms with Crippen LogP contribution in [0.1, 0.15) is 22.8 Å². The monoisotopic (exact) mass is 471 g/mol. The minimum absolute atomic E-state index is 0.168. The predicted octanol–water partition coefficient (Wildman–Crippen LogP) is 3.26. The maximum atomic E-state index is 12.7. The minimum atomic E-state index is -0.187. The van der Waals surface area contributed by atoms with E-state index in [1.807, 2.05) is 59.3 Å². The molecular formula is C26H29N7O2. The molecule has 35 heavy (non-hydrogen) atoms. The van der Waals surface area contributed by atoms with E-state index >= 15 is 0 Å². The zero-order valence-electron chi connectivity index (χ0n) is 20.0. The van der Waals surface area contributed by atoms with Crippen molar-refractivity contribution in [1.82, 2.24) is 19.8 Å². The third kappa shape index (κ3) is 4.81. The van der Waals surface area contributed by atoms with Crippen molar-refractivity contribution >= 4 is 40.6 Å². The molecule has 0 aliphatic carbocycles. The van der Waals surface area contributed by atoms with Crippen molar-refractivity contribution in [3.63, 3.8) is 0 Å². The number of fused-ring (bicyclic) bond motifs is 2. The van der Waals surface area contributed by atoms with E-state index in [2.05, 4.69) is 32.4 Å². The lowest BCUT2D eigenvalue weighted by Gasteiger charge is -2.34. The van der Waals surface area contributed by atoms with Crippen molar-refractivity contribution in [2.45, 2.75) is 13.3 Å². The van der Waals surface area contributed by atoms with Crippen LogP contribution in [0.25, 0.3) is 0 Å². The summed E-state index contributed by atoms with van der Waals surface area (Å²) in [4.78, 5) is 40.5. The van der Waals surface area contributed by atoms with E-state index in [1.165, 1.54) is 0 Å². The highest BCUT2D eigenvalue weighted by Gasteiger charge is 2.24. The van der Waals surface area contributed by atoms with E-state index in [1.54, 1.807) is 12.3 Å². The molecule has 0 atom stereocenters. The van der Waals surface area contributed by atoms with Crippen LogP contribution in [-0.4, -0.2) is 71.4 Å². The molecule has 2 aliphatic heterocycles. The van der Waals surface area contributed by atoms with Gasteiger partial charge in [-0.1, -0.05) is 31.2 Å². The van der Waals surface area contributed by atoms with Gasteiger partial charge in [-0.15, -0.1) is 0 Å². The minimum Gasteiger partial charge on any atom is -0.340 e. The van der Waals surface area contributed by atoms with Crippen LogP contribution >= 0.6 is 0 Å². The molecule has 0 spiro atoms. The first-order valence-electron chi connectivity index (χ1n) is 11.9. The normalized spacial score (nSPS) is 15.7. The van der Waals surface area contributed by atoms with Gasteiger partial charge in [-0.05, 0) is 36.4 Å². The number of nitrogens with one attached hydrogen (secondary N) is 2. The standard InChI is InChI=1S/C26H29N7O2/c1-3-32-12-14-33(15-13-32)23(34)16-18-8-10-19(11-9-18)28-26-27-17-21-24(30-26)31(2)22-7-5-4-6-20(22)25(35)29-21/h4-11,17H,3,12-16H2,1-2H3,(H,29,35)(H,27,28,30). The van der Waals surface area contributed by atoms with Gasteiger partial charge >= 0.3 is 0 Å². The molecule has 2 aliphatic rings. The second-order valence-corrected chi connectivity index (χ2v) is 8.77. The Hall–Kier alpha value is -3.98. The number of aromatic nitrogens is 2. The molecule has 3 heterocycles. The topological polar surface area (TPSA) is 93.7 Å². The molecular weight excluding hydrogens is 442 g/mol. The highest BCUT2D eigenvalue weighted by atomic mass is 16.2. The molecule has 0 saturated carbocycles. The van der Waals surface area contributed by atoms with Crippen molar-refractivity contribution in [1.29, 1.82) is 0 Å². The van der Waals surface area contributed by atoms with Crippen molar-refractivity contribution in [3.05, 3.63) is 65.9 Å². The van der Waals surface area contributed by atoms with E-state index in [4.69, 9.17) is 0 Å². The fourth-order valence-corrected chi connectivity index (χ4v) is 4.47. The van der Waals surface area contributed by atoms with Crippen LogP contribution in [0.2, 0.25) is 0 Å². The molecule has 0 unspecified atom stereocenters. The van der Waals surface area contributed by atoms with Gasteiger partial charge in [0, 0.05) is 38.9 Å². The lowest BCUT2D eigenvalue weighted by molar-refractivity contribution is -0.132. The van der Waals surface area contributed by atoms with Crippen LogP contribution in [0.4, 0.5) is 28.8 Å². The highest BCUT2D eigenvalue weighted by Crippen LogP contribution is 2.35. The molecule has 2 aromatic carbocycles. The van der Waals surface area contributed by atoms with Crippen LogP contribution in [0, 0.1) is 0 Å². The first-order valence-corrected chi connectivity index (χ1v) is 11.9. The van der Waals surface area contributed by atoms with Crippen molar-refractivity contribution in [2.24, 2.45) is 0 Å². The average molecular weight is 472 g/mol. The molecule has 180 valence electrons. The van der Waals surface area contributed by atoms with Gasteiger partial charge in [-0.25, -0.2) is 4.98 Å². The summed E-state index contributed by atoms with van der Waals surface area (Å²) in [6.45, 7) is 6.65. The van der Waals surface area contributed by atoms with Gasteiger partial charge in [0.1, 0.15) is 5.69 Å². The predicted molar refractivity (Wildman–Crippen MR) is 137 cm³/mol. The molecule has 1 saturated heterocycles. The summed E-state index contributed by atoms with van der Waals surface area (Å²) >= 11 is 0. The van der Waals surface area contributed by atoms with Crippen LogP contribution < -0.4 is 15.5 Å². The van der Waals surface area contributed by atoms with Gasteiger partial charge < -0.3 is 25.3 Å². The van der Waals surface area contributed by atoms with Crippen LogP contribution in [0.5, 0.6) is 0 Å². The van der Waals surface area contributed by atoms with E-state index in [9.17, 15) is 9.59 Å². The second-order valence-electron chi connectivity index (χ2n) is 8.77. The van der Waals surface area contributed by atoms with Gasteiger partial charge in [0.2, 0.25) is 11.9 Å². The third-order valence-corrected chi connectivity index (χ3v) is 6.58. The number of hydrogen-bond donors (Lipinski definition) is 2. The fraction of sp³-hybridized carbons (Fsp3) is 0.308. The fourth-order valence-electron chi connectivity index (χ4n) is 4.47. The van der Waals surface area contributed by atoms with Crippen LogP contribution in [-0.2, 0) is 11.2 Å². The Morgan fingerprint density at radius 2 is 1.80 bits per heavy atom. The Morgan fingerprint density at radius 3 is 2.54 bits per heavy atom. The number of carbonyl (C=O) groups is 2. The number of para-hydroxylation sites is 1. The van der Waals surface area contributed by atoms with Crippen molar-refractivity contribution in [2.75, 3.05) is 55.3 Å². The molecule has 0 radical (unpaired) electrons. The largest absolute Gasteiger partial charge is 0.340 e. The SMILES string of the molecule is CCN1CCN(C(=O)Cc2ccc(Nc3ncc4c(n3)N(C)c3ccccc3C(=O)N4)cc2)CC1. The Kier molecular flexibility index (Phi) is 6.33. The Labute approximate surface area is 204 Å². The summed E-state index contributed by atoms with van der Waals surface area (Å²) in [6, 6.07) is 15.2. The summed E-state index contributed by atoms with van der Waals surface area (Å²) < 4.78 is 0. The van der Waals surface area contributed by atoms with Gasteiger partial charge in [0.05, 0.1) is 23.9 Å². The van der Waals surface area contributed by atoms with Gasteiger partial charge in [-0.2, -0.15) is 4.98 Å². The number of carbonyl (C=O) groups excluding carboxylic acids is 2. The Morgan fingerprint density at radius 1 is 1.06 bits per heavy atom. The first-order chi connectivity index (χ1) is 17.0. The first kappa shape index (κ1) is 22.8. The van der Waals surface area contributed by atoms with E-state index < -0.39 is 0 Å². The van der Waals surface area contributed by atoms with Gasteiger partial charge in [0.25, 0.3) is 5.91 Å². The lowest BCUT2D eigenvalue weighted by atomic mass is 10.1. The number of hydrogen-bond acceptors (Lipinski definition) is 7. The smallest absolute Gasteiger partial charge is 0.257 e. The molecule has 5 rings (SSSR count). The molecule has 2 N–H and O–H groups in total. The summed E-state index contributed by atoms with van der Waals surface area (Å²) in [5.74, 6) is 1.00. The van der Waals surface area contributed by atoms with Gasteiger partial charge in [-0.3, -0.25) is 9.59 Å². The van der Waals surface area contributed by atoms with E-state index in [0.717, 1.165) is 49.7 Å². The number of likely N-dealkylation sites (N-methyl/N-ethyl adjacent to an activating group) is 1. The molecule has 2 amide bonds. The summed E-state index contributed by atoms with van der Waals surface area (Å²) in [5.41, 5.74) is 3.70. The second kappa shape index (κ2) is 9.71. The van der Waals surface area contributed by atoms with Gasteiger partial charge in [0.15, 0.2) is 5.82 Å². The zero-order valence-corrected chi connectivity index (χ0v) is 20.0. The molecule has 0 bridgehead atoms. The Bertz CT molecular complexity index is 1240. The highest BCUT2D eigenvalue weighted by molar-refractivity contribution is 6.11. The van der Waals surface area contributed by atoms with Crippen molar-refractivity contribution in [3.8, 4) is 0 Å². The number of rotatable bonds is 5. The third-order valence-electron chi connectivity index (χ3n) is 6.58. The lowest BCUT2D eigenvalue weighted by Crippen LogP contribution is -2.48. The molecule has 9 heteroatoms. The molecule has 1 fully saturated rings. The maximum Gasteiger partial charge on any atom is 0.257 e. The molecule has 9 nitrogen and oxygen atoms in total. The number of benzene rings is 2. The number of piperazine rings is 1. The number of anilines is 5. The molecule has 3 aromatic rings. The summed E-state index contributed by atoms with van der Waals surface area (Å²) in [7, 11) is 1.88. The van der Waals surface area contributed by atoms with Crippen LogP contribution in [0.15, 0.2) is 54.7 Å². The zero-order chi connectivity index (χ0) is 24.4. The molecule has 1 aromatic heterocycles. The van der Waals surface area contributed by atoms with E-state index in [0.29, 0.717) is 29.4 Å². The quantitative estimate of drug-likeness (QED) is 0.590. The number of amides is 2. The Balaban J connectivity index is 1.26. The average Bonchev–Trinajstić information content (AvgIpc) is 3.00. The number of nitrogens with zero attached hydrogens (tertiary/aromatic N) is 5. The summed E-state index contributed by atoms with van der Waals surface area (Å²) in [5, 5.41) is 6.11. The summed E-state index contributed by atoms with van der Waals surface area (Å²) in [6.07, 6.45) is 2.00. The van der Waals surface area contributed by atoms with Crippen LogP contribution in [0.3, 0.4) is 0 Å².